The number of carbonyl (C=O) groups is 1. The lowest BCUT2D eigenvalue weighted by Gasteiger charge is -2.34. The maximum Gasteiger partial charge on any atom is 0.272 e. The number of H-pyrrole nitrogens is 1. The molecular formula is C11H18N4O2. The standard InChI is InChI=1S/C11H18N4O2/c1-9-12-8-10(13-9)11(17)15-4-2-14(3-5-15)6-7-16/h8,16H,2-7H2,1H3,(H,12,13). The molecule has 1 fully saturated rings. The number of hydrogen-bond acceptors (Lipinski definition) is 4. The Labute approximate surface area is 100 Å². The molecule has 94 valence electrons. The summed E-state index contributed by atoms with van der Waals surface area (Å²) in [5.74, 6) is 0.765. The van der Waals surface area contributed by atoms with Crippen molar-refractivity contribution in [2.24, 2.45) is 0 Å². The number of amides is 1. The average molecular weight is 238 g/mol. The highest BCUT2D eigenvalue weighted by Crippen LogP contribution is 2.07. The summed E-state index contributed by atoms with van der Waals surface area (Å²) in [5, 5.41) is 8.84. The number of rotatable bonds is 3. The van der Waals surface area contributed by atoms with Crippen LogP contribution in [0.4, 0.5) is 0 Å². The molecule has 0 aromatic carbocycles. The van der Waals surface area contributed by atoms with Crippen LogP contribution in [0.25, 0.3) is 0 Å². The number of aromatic amines is 1. The first-order valence-corrected chi connectivity index (χ1v) is 5.85. The van der Waals surface area contributed by atoms with Gasteiger partial charge in [-0.2, -0.15) is 0 Å². The number of aliphatic hydroxyl groups excluding tert-OH is 1. The van der Waals surface area contributed by atoms with Crippen molar-refractivity contribution < 1.29 is 9.90 Å². The maximum atomic E-state index is 12.1. The van der Waals surface area contributed by atoms with Gasteiger partial charge in [-0.25, -0.2) is 4.98 Å². The molecule has 0 aliphatic carbocycles. The Kier molecular flexibility index (Phi) is 3.75. The molecule has 1 aromatic heterocycles. The van der Waals surface area contributed by atoms with Crippen LogP contribution in [0.5, 0.6) is 0 Å². The van der Waals surface area contributed by atoms with Gasteiger partial charge in [0.1, 0.15) is 11.5 Å². The summed E-state index contributed by atoms with van der Waals surface area (Å²) < 4.78 is 0. The normalized spacial score (nSPS) is 17.4. The molecule has 1 aliphatic rings. The van der Waals surface area contributed by atoms with Gasteiger partial charge in [0.25, 0.3) is 5.91 Å². The Hall–Kier alpha value is -1.40. The zero-order valence-corrected chi connectivity index (χ0v) is 10.0. The number of β-amino-alcohol motifs (C(OH)–C–C–N with tert-alkyl or cyclic N) is 1. The third-order valence-corrected chi connectivity index (χ3v) is 3.01. The lowest BCUT2D eigenvalue weighted by Crippen LogP contribution is -2.49. The molecule has 0 atom stereocenters. The van der Waals surface area contributed by atoms with Gasteiger partial charge in [-0.15, -0.1) is 0 Å². The Balaban J connectivity index is 1.90. The van der Waals surface area contributed by atoms with Crippen molar-refractivity contribution in [3.05, 3.63) is 17.7 Å². The van der Waals surface area contributed by atoms with E-state index in [0.29, 0.717) is 25.3 Å². The molecule has 1 aromatic rings. The number of nitrogens with one attached hydrogen (secondary N) is 1. The van der Waals surface area contributed by atoms with Gasteiger partial charge in [0.2, 0.25) is 0 Å². The SMILES string of the molecule is Cc1ncc(C(=O)N2CCN(CCO)CC2)[nH]1. The molecule has 1 amide bonds. The van der Waals surface area contributed by atoms with E-state index in [0.717, 1.165) is 18.9 Å². The molecule has 0 saturated carbocycles. The summed E-state index contributed by atoms with van der Waals surface area (Å²) >= 11 is 0. The fraction of sp³-hybridized carbons (Fsp3) is 0.636. The third-order valence-electron chi connectivity index (χ3n) is 3.01. The van der Waals surface area contributed by atoms with Gasteiger partial charge >= 0.3 is 0 Å². The zero-order valence-electron chi connectivity index (χ0n) is 10.0. The minimum atomic E-state index is 0.00856. The number of aryl methyl sites for hydroxylation is 1. The predicted octanol–water partition coefficient (Wildman–Crippen LogP) is -0.532. The van der Waals surface area contributed by atoms with Crippen LogP contribution in [0.15, 0.2) is 6.20 Å². The monoisotopic (exact) mass is 238 g/mol. The molecule has 17 heavy (non-hydrogen) atoms. The van der Waals surface area contributed by atoms with Gasteiger partial charge in [0, 0.05) is 32.7 Å². The van der Waals surface area contributed by atoms with Crippen LogP contribution >= 0.6 is 0 Å². The Morgan fingerprint density at radius 2 is 2.18 bits per heavy atom. The second-order valence-electron chi connectivity index (χ2n) is 4.24. The smallest absolute Gasteiger partial charge is 0.272 e. The van der Waals surface area contributed by atoms with E-state index in [2.05, 4.69) is 14.9 Å². The fourth-order valence-electron chi connectivity index (χ4n) is 2.02. The lowest BCUT2D eigenvalue weighted by atomic mass is 10.3. The first kappa shape index (κ1) is 12.1. The summed E-state index contributed by atoms with van der Waals surface area (Å²) in [5.41, 5.74) is 0.554. The molecule has 2 N–H and O–H groups in total. The van der Waals surface area contributed by atoms with Crippen LogP contribution in [0.2, 0.25) is 0 Å². The number of aromatic nitrogens is 2. The third kappa shape index (κ3) is 2.83. The number of aliphatic hydroxyl groups is 1. The highest BCUT2D eigenvalue weighted by atomic mass is 16.3. The van der Waals surface area contributed by atoms with E-state index in [4.69, 9.17) is 5.11 Å². The quantitative estimate of drug-likeness (QED) is 0.742. The molecule has 1 saturated heterocycles. The number of hydrogen-bond donors (Lipinski definition) is 2. The molecule has 2 heterocycles. The first-order valence-electron chi connectivity index (χ1n) is 5.85. The van der Waals surface area contributed by atoms with E-state index in [9.17, 15) is 4.79 Å². The Morgan fingerprint density at radius 3 is 2.71 bits per heavy atom. The molecule has 0 spiro atoms. The molecule has 6 nitrogen and oxygen atoms in total. The number of piperazine rings is 1. The Morgan fingerprint density at radius 1 is 1.47 bits per heavy atom. The molecule has 1 aliphatic heterocycles. The highest BCUT2D eigenvalue weighted by Gasteiger charge is 2.22. The highest BCUT2D eigenvalue weighted by molar-refractivity contribution is 5.92. The average Bonchev–Trinajstić information content (AvgIpc) is 2.76. The van der Waals surface area contributed by atoms with Crippen molar-refractivity contribution in [1.82, 2.24) is 19.8 Å². The van der Waals surface area contributed by atoms with E-state index in [1.54, 1.807) is 6.20 Å². The number of carbonyl (C=O) groups excluding carboxylic acids is 1. The predicted molar refractivity (Wildman–Crippen MR) is 62.8 cm³/mol. The zero-order chi connectivity index (χ0) is 12.3. The van der Waals surface area contributed by atoms with Crippen LogP contribution in [-0.2, 0) is 0 Å². The van der Waals surface area contributed by atoms with Gasteiger partial charge in [0.15, 0.2) is 0 Å². The van der Waals surface area contributed by atoms with Gasteiger partial charge in [0.05, 0.1) is 12.8 Å². The molecule has 0 radical (unpaired) electrons. The van der Waals surface area contributed by atoms with Crippen LogP contribution in [0, 0.1) is 6.92 Å². The van der Waals surface area contributed by atoms with Gasteiger partial charge in [-0.3, -0.25) is 9.69 Å². The summed E-state index contributed by atoms with van der Waals surface area (Å²) in [6.07, 6.45) is 1.58. The maximum absolute atomic E-state index is 12.1. The van der Waals surface area contributed by atoms with E-state index < -0.39 is 0 Å². The van der Waals surface area contributed by atoms with E-state index in [-0.39, 0.29) is 12.5 Å². The topological polar surface area (TPSA) is 72.5 Å². The summed E-state index contributed by atoms with van der Waals surface area (Å²) in [7, 11) is 0. The molecular weight excluding hydrogens is 220 g/mol. The van der Waals surface area contributed by atoms with Crippen molar-refractivity contribution in [2.75, 3.05) is 39.3 Å². The van der Waals surface area contributed by atoms with E-state index in [1.807, 2.05) is 11.8 Å². The summed E-state index contributed by atoms with van der Waals surface area (Å²) in [6, 6.07) is 0. The molecule has 0 unspecified atom stereocenters. The minimum Gasteiger partial charge on any atom is -0.395 e. The minimum absolute atomic E-state index is 0.00856. The lowest BCUT2D eigenvalue weighted by molar-refractivity contribution is 0.0610. The van der Waals surface area contributed by atoms with Crippen LogP contribution in [-0.4, -0.2) is 70.1 Å². The Bertz CT molecular complexity index is 383. The molecule has 0 bridgehead atoms. The fourth-order valence-corrected chi connectivity index (χ4v) is 2.02. The molecule has 2 rings (SSSR count). The molecule has 6 heteroatoms. The van der Waals surface area contributed by atoms with Crippen molar-refractivity contribution >= 4 is 5.91 Å². The van der Waals surface area contributed by atoms with Gasteiger partial charge < -0.3 is 15.0 Å². The summed E-state index contributed by atoms with van der Waals surface area (Å²) in [4.78, 5) is 23.0. The first-order chi connectivity index (χ1) is 8.20. The van der Waals surface area contributed by atoms with Crippen LogP contribution in [0.1, 0.15) is 16.3 Å². The van der Waals surface area contributed by atoms with Gasteiger partial charge in [-0.1, -0.05) is 0 Å². The van der Waals surface area contributed by atoms with E-state index >= 15 is 0 Å². The van der Waals surface area contributed by atoms with Crippen molar-refractivity contribution in [1.29, 1.82) is 0 Å². The number of nitrogens with zero attached hydrogens (tertiary/aromatic N) is 3. The summed E-state index contributed by atoms with van der Waals surface area (Å²) in [6.45, 7) is 5.74. The van der Waals surface area contributed by atoms with Gasteiger partial charge in [-0.05, 0) is 6.92 Å². The van der Waals surface area contributed by atoms with Crippen molar-refractivity contribution in [3.63, 3.8) is 0 Å². The second-order valence-corrected chi connectivity index (χ2v) is 4.24. The number of imidazole rings is 1. The second kappa shape index (κ2) is 5.29. The van der Waals surface area contributed by atoms with Crippen molar-refractivity contribution in [3.8, 4) is 0 Å². The van der Waals surface area contributed by atoms with Crippen LogP contribution < -0.4 is 0 Å². The van der Waals surface area contributed by atoms with Crippen molar-refractivity contribution in [2.45, 2.75) is 6.92 Å². The largest absolute Gasteiger partial charge is 0.395 e. The van der Waals surface area contributed by atoms with Crippen LogP contribution in [0.3, 0.4) is 0 Å². The van der Waals surface area contributed by atoms with E-state index in [1.165, 1.54) is 0 Å².